The number of rotatable bonds is 9. The average Bonchev–Trinajstić information content (AvgIpc) is 2.24. The summed E-state index contributed by atoms with van der Waals surface area (Å²) in [7, 11) is 3.47. The van der Waals surface area contributed by atoms with E-state index < -0.39 is 0 Å². The van der Waals surface area contributed by atoms with Gasteiger partial charge in [-0.1, -0.05) is 6.42 Å². The Kier molecular flexibility index (Phi) is 8.81. The Morgan fingerprint density at radius 2 is 1.56 bits per heavy atom. The van der Waals surface area contributed by atoms with Crippen LogP contribution in [0.4, 0.5) is 0 Å². The molecule has 0 saturated carbocycles. The van der Waals surface area contributed by atoms with Gasteiger partial charge in [0, 0.05) is 33.4 Å². The highest BCUT2D eigenvalue weighted by molar-refractivity contribution is 5.80. The van der Waals surface area contributed by atoms with E-state index in [0.29, 0.717) is 32.2 Å². The Morgan fingerprint density at radius 3 is 2.12 bits per heavy atom. The Balaban J connectivity index is 3.40. The predicted octanol–water partition coefficient (Wildman–Crippen LogP) is 1.33. The van der Waals surface area contributed by atoms with Crippen LogP contribution in [0.15, 0.2) is 0 Å². The van der Waals surface area contributed by atoms with Crippen LogP contribution in [0.2, 0.25) is 0 Å². The van der Waals surface area contributed by atoms with E-state index in [1.165, 1.54) is 0 Å². The fourth-order valence-electron chi connectivity index (χ4n) is 1.43. The van der Waals surface area contributed by atoms with E-state index >= 15 is 0 Å². The highest BCUT2D eigenvalue weighted by atomic mass is 16.2. The van der Waals surface area contributed by atoms with Crippen LogP contribution in [0.5, 0.6) is 0 Å². The molecule has 0 unspecified atom stereocenters. The van der Waals surface area contributed by atoms with Gasteiger partial charge in [0.05, 0.1) is 0 Å². The van der Waals surface area contributed by atoms with E-state index in [4.69, 9.17) is 5.73 Å². The molecule has 0 radical (unpaired) electrons. The van der Waals surface area contributed by atoms with Crippen LogP contribution in [0, 0.1) is 0 Å². The third-order valence-corrected chi connectivity index (χ3v) is 2.50. The largest absolute Gasteiger partial charge is 0.349 e. The summed E-state index contributed by atoms with van der Waals surface area (Å²) >= 11 is 0. The number of Topliss-reactive ketones (excluding diaryl/α,β-unsaturated/α-hetero) is 1. The van der Waals surface area contributed by atoms with Crippen LogP contribution in [0.25, 0.3) is 0 Å². The molecule has 0 spiro atoms. The maximum Gasteiger partial charge on any atom is 0.222 e. The van der Waals surface area contributed by atoms with E-state index in [1.807, 2.05) is 0 Å². The van der Waals surface area contributed by atoms with E-state index in [0.717, 1.165) is 19.3 Å². The first kappa shape index (κ1) is 15.1. The summed E-state index contributed by atoms with van der Waals surface area (Å²) in [6.45, 7) is 0.700. The molecule has 0 aromatic rings. The lowest BCUT2D eigenvalue weighted by atomic mass is 10.1. The summed E-state index contributed by atoms with van der Waals surface area (Å²) in [5, 5.41) is 0. The van der Waals surface area contributed by atoms with Crippen molar-refractivity contribution < 1.29 is 9.59 Å². The molecule has 94 valence electrons. The molecule has 2 N–H and O–H groups in total. The van der Waals surface area contributed by atoms with Crippen LogP contribution in [0.1, 0.15) is 44.9 Å². The number of hydrogen-bond donors (Lipinski definition) is 1. The van der Waals surface area contributed by atoms with E-state index in [-0.39, 0.29) is 11.7 Å². The SMILES string of the molecule is CN(C)C(=O)CCCC(=O)CCCCCN. The second-order valence-electron chi connectivity index (χ2n) is 4.28. The molecule has 0 rings (SSSR count). The first-order valence-electron chi connectivity index (χ1n) is 6.00. The molecule has 16 heavy (non-hydrogen) atoms. The van der Waals surface area contributed by atoms with E-state index in [9.17, 15) is 9.59 Å². The Bertz CT molecular complexity index is 215. The summed E-state index contributed by atoms with van der Waals surface area (Å²) in [4.78, 5) is 24.2. The van der Waals surface area contributed by atoms with Gasteiger partial charge in [0.1, 0.15) is 5.78 Å². The molecule has 0 aromatic heterocycles. The molecule has 0 atom stereocenters. The molecule has 0 fully saturated rings. The molecule has 0 bridgehead atoms. The third-order valence-electron chi connectivity index (χ3n) is 2.50. The first-order chi connectivity index (χ1) is 7.57. The van der Waals surface area contributed by atoms with Crippen molar-refractivity contribution in [2.45, 2.75) is 44.9 Å². The number of ketones is 1. The monoisotopic (exact) mass is 228 g/mol. The number of amides is 1. The molecular weight excluding hydrogens is 204 g/mol. The summed E-state index contributed by atoms with van der Waals surface area (Å²) in [5.74, 6) is 0.361. The lowest BCUT2D eigenvalue weighted by Gasteiger charge is -2.09. The number of nitrogens with two attached hydrogens (primary N) is 1. The summed E-state index contributed by atoms with van der Waals surface area (Å²) < 4.78 is 0. The molecule has 4 heteroatoms. The van der Waals surface area contributed by atoms with E-state index in [1.54, 1.807) is 19.0 Å². The Labute approximate surface area is 98.2 Å². The second kappa shape index (κ2) is 9.33. The molecule has 0 aliphatic rings. The zero-order valence-corrected chi connectivity index (χ0v) is 10.5. The molecule has 0 aliphatic heterocycles. The zero-order chi connectivity index (χ0) is 12.4. The second-order valence-corrected chi connectivity index (χ2v) is 4.28. The van der Waals surface area contributed by atoms with Gasteiger partial charge in [-0.15, -0.1) is 0 Å². The van der Waals surface area contributed by atoms with Gasteiger partial charge in [-0.25, -0.2) is 0 Å². The van der Waals surface area contributed by atoms with Crippen molar-refractivity contribution in [3.8, 4) is 0 Å². The number of unbranched alkanes of at least 4 members (excludes halogenated alkanes) is 2. The standard InChI is InChI=1S/C12H24N2O2/c1-14(2)12(16)9-6-8-11(15)7-4-3-5-10-13/h3-10,13H2,1-2H3. The minimum absolute atomic E-state index is 0.0935. The van der Waals surface area contributed by atoms with Crippen molar-refractivity contribution >= 4 is 11.7 Å². The maximum absolute atomic E-state index is 11.4. The van der Waals surface area contributed by atoms with Crippen molar-refractivity contribution in [1.29, 1.82) is 0 Å². The van der Waals surface area contributed by atoms with Gasteiger partial charge in [-0.2, -0.15) is 0 Å². The highest BCUT2D eigenvalue weighted by Gasteiger charge is 2.06. The maximum atomic E-state index is 11.4. The smallest absolute Gasteiger partial charge is 0.222 e. The predicted molar refractivity (Wildman–Crippen MR) is 65.1 cm³/mol. The molecule has 0 aromatic carbocycles. The lowest BCUT2D eigenvalue weighted by Crippen LogP contribution is -2.21. The van der Waals surface area contributed by atoms with Gasteiger partial charge in [-0.3, -0.25) is 9.59 Å². The lowest BCUT2D eigenvalue weighted by molar-refractivity contribution is -0.128. The fourth-order valence-corrected chi connectivity index (χ4v) is 1.43. The summed E-state index contributed by atoms with van der Waals surface area (Å²) in [5.41, 5.74) is 5.36. The molecule has 0 aliphatic carbocycles. The van der Waals surface area contributed by atoms with Gasteiger partial charge in [0.2, 0.25) is 5.91 Å². The number of nitrogens with zero attached hydrogens (tertiary/aromatic N) is 1. The highest BCUT2D eigenvalue weighted by Crippen LogP contribution is 2.05. The Morgan fingerprint density at radius 1 is 0.938 bits per heavy atom. The fraction of sp³-hybridized carbons (Fsp3) is 0.833. The number of hydrogen-bond acceptors (Lipinski definition) is 3. The van der Waals surface area contributed by atoms with Crippen molar-refractivity contribution in [3.63, 3.8) is 0 Å². The quantitative estimate of drug-likeness (QED) is 0.606. The number of carbonyl (C=O) groups excluding carboxylic acids is 2. The molecule has 0 saturated heterocycles. The van der Waals surface area contributed by atoms with Crippen molar-refractivity contribution in [1.82, 2.24) is 4.90 Å². The topological polar surface area (TPSA) is 63.4 Å². The van der Waals surface area contributed by atoms with Crippen LogP contribution < -0.4 is 5.73 Å². The van der Waals surface area contributed by atoms with Gasteiger partial charge < -0.3 is 10.6 Å². The van der Waals surface area contributed by atoms with E-state index in [2.05, 4.69) is 0 Å². The number of carbonyl (C=O) groups is 2. The van der Waals surface area contributed by atoms with Gasteiger partial charge in [0.15, 0.2) is 0 Å². The van der Waals surface area contributed by atoms with Crippen LogP contribution in [-0.4, -0.2) is 37.2 Å². The van der Waals surface area contributed by atoms with Gasteiger partial charge >= 0.3 is 0 Å². The molecular formula is C12H24N2O2. The molecule has 1 amide bonds. The third kappa shape index (κ3) is 8.41. The summed E-state index contributed by atoms with van der Waals surface area (Å²) in [6.07, 6.45) is 5.26. The zero-order valence-electron chi connectivity index (χ0n) is 10.5. The van der Waals surface area contributed by atoms with Crippen molar-refractivity contribution in [2.24, 2.45) is 5.73 Å². The van der Waals surface area contributed by atoms with Crippen molar-refractivity contribution in [3.05, 3.63) is 0 Å². The van der Waals surface area contributed by atoms with Crippen LogP contribution in [-0.2, 0) is 9.59 Å². The summed E-state index contributed by atoms with van der Waals surface area (Å²) in [6, 6.07) is 0. The average molecular weight is 228 g/mol. The van der Waals surface area contributed by atoms with Crippen LogP contribution in [0.3, 0.4) is 0 Å². The Hall–Kier alpha value is -0.900. The normalized spacial score (nSPS) is 10.2. The molecule has 0 heterocycles. The van der Waals surface area contributed by atoms with Gasteiger partial charge in [-0.05, 0) is 25.8 Å². The first-order valence-corrected chi connectivity index (χ1v) is 6.00. The minimum atomic E-state index is 0.0935. The molecule has 4 nitrogen and oxygen atoms in total. The van der Waals surface area contributed by atoms with Gasteiger partial charge in [0.25, 0.3) is 0 Å². The van der Waals surface area contributed by atoms with Crippen LogP contribution >= 0.6 is 0 Å². The minimum Gasteiger partial charge on any atom is -0.349 e. The van der Waals surface area contributed by atoms with Crippen molar-refractivity contribution in [2.75, 3.05) is 20.6 Å².